The molecule has 3 aromatic carbocycles. The van der Waals surface area contributed by atoms with E-state index in [1.54, 1.807) is 67.6 Å². The Morgan fingerprint density at radius 1 is 0.925 bits per heavy atom. The molecule has 4 rings (SSSR count). The maximum Gasteiger partial charge on any atom is 0.272 e. The number of anilines is 2. The van der Waals surface area contributed by atoms with E-state index in [1.807, 2.05) is 35.7 Å². The van der Waals surface area contributed by atoms with Gasteiger partial charge >= 0.3 is 0 Å². The lowest BCUT2D eigenvalue weighted by Crippen LogP contribution is -2.30. The van der Waals surface area contributed by atoms with Gasteiger partial charge in [0.1, 0.15) is 11.4 Å². The van der Waals surface area contributed by atoms with Gasteiger partial charge in [-0.1, -0.05) is 35.9 Å². The summed E-state index contributed by atoms with van der Waals surface area (Å²) in [5, 5.41) is 10.3. The predicted molar refractivity (Wildman–Crippen MR) is 163 cm³/mol. The largest absolute Gasteiger partial charge is 0.495 e. The molecule has 0 aliphatic carbocycles. The Kier molecular flexibility index (Phi) is 10.0. The van der Waals surface area contributed by atoms with E-state index in [0.717, 1.165) is 9.77 Å². The molecule has 3 amide bonds. The summed E-state index contributed by atoms with van der Waals surface area (Å²) in [6.07, 6.45) is 1.64. The highest BCUT2D eigenvalue weighted by molar-refractivity contribution is 8.00. The summed E-state index contributed by atoms with van der Waals surface area (Å²) in [5.74, 6) is -0.485. The molecular weight excluding hydrogens is 566 g/mol. The Balaban J connectivity index is 1.38. The first-order valence-corrected chi connectivity index (χ1v) is 14.3. The lowest BCUT2D eigenvalue weighted by atomic mass is 10.2. The number of carbonyl (C=O) groups is 3. The molecule has 7 nitrogen and oxygen atoms in total. The quantitative estimate of drug-likeness (QED) is 0.137. The minimum Gasteiger partial charge on any atom is -0.495 e. The van der Waals surface area contributed by atoms with Gasteiger partial charge in [0.2, 0.25) is 5.91 Å². The Labute approximate surface area is 245 Å². The lowest BCUT2D eigenvalue weighted by molar-refractivity contribution is -0.115. The van der Waals surface area contributed by atoms with E-state index in [1.165, 1.54) is 30.2 Å². The molecule has 1 heterocycles. The van der Waals surface area contributed by atoms with Crippen molar-refractivity contribution in [3.63, 3.8) is 0 Å². The van der Waals surface area contributed by atoms with Gasteiger partial charge < -0.3 is 20.7 Å². The molecule has 4 aromatic rings. The van der Waals surface area contributed by atoms with Gasteiger partial charge in [-0.05, 0) is 79.0 Å². The zero-order chi connectivity index (χ0) is 28.5. The molecule has 3 N–H and O–H groups in total. The van der Waals surface area contributed by atoms with Crippen LogP contribution in [0.2, 0.25) is 5.02 Å². The standard InChI is InChI=1S/C30H26ClN3O4S2/c1-19(28(35)33-22-12-15-27(38-2)25(31)17-22)40-23-13-10-21(11-14-23)32-30(37)26(18-24-9-6-16-39-24)34-29(36)20-7-4-3-5-8-20/h3-19H,1-2H3,(H,32,37)(H,33,35)(H,34,36)/b26-18-. The van der Waals surface area contributed by atoms with Crippen molar-refractivity contribution in [2.75, 3.05) is 17.7 Å². The number of amides is 3. The summed E-state index contributed by atoms with van der Waals surface area (Å²) >= 11 is 8.98. The minimum absolute atomic E-state index is 0.124. The van der Waals surface area contributed by atoms with Gasteiger partial charge in [-0.15, -0.1) is 23.1 Å². The van der Waals surface area contributed by atoms with Crippen LogP contribution in [0.25, 0.3) is 6.08 Å². The SMILES string of the molecule is COc1ccc(NC(=O)C(C)Sc2ccc(NC(=O)/C(=C/c3cccs3)NC(=O)c3ccccc3)cc2)cc1Cl. The maximum absolute atomic E-state index is 13.1. The number of hydrogen-bond acceptors (Lipinski definition) is 6. The van der Waals surface area contributed by atoms with Crippen molar-refractivity contribution in [3.05, 3.63) is 111 Å². The smallest absolute Gasteiger partial charge is 0.272 e. The molecule has 1 atom stereocenters. The third-order valence-electron chi connectivity index (χ3n) is 5.57. The number of hydrogen-bond donors (Lipinski definition) is 3. The van der Waals surface area contributed by atoms with E-state index in [0.29, 0.717) is 27.7 Å². The lowest BCUT2D eigenvalue weighted by Gasteiger charge is -2.14. The van der Waals surface area contributed by atoms with Crippen molar-refractivity contribution in [2.45, 2.75) is 17.1 Å². The van der Waals surface area contributed by atoms with Gasteiger partial charge in [0.05, 0.1) is 17.4 Å². The van der Waals surface area contributed by atoms with Crippen LogP contribution in [0.1, 0.15) is 22.2 Å². The number of rotatable bonds is 10. The van der Waals surface area contributed by atoms with Gasteiger partial charge in [0.15, 0.2) is 0 Å². The molecule has 0 bridgehead atoms. The number of benzene rings is 3. The monoisotopic (exact) mass is 591 g/mol. The van der Waals surface area contributed by atoms with Crippen LogP contribution < -0.4 is 20.7 Å². The second kappa shape index (κ2) is 13.8. The molecule has 0 aliphatic heterocycles. The molecule has 0 fully saturated rings. The van der Waals surface area contributed by atoms with E-state index < -0.39 is 11.2 Å². The molecule has 40 heavy (non-hydrogen) atoms. The molecule has 10 heteroatoms. The molecule has 204 valence electrons. The molecule has 1 unspecified atom stereocenters. The van der Waals surface area contributed by atoms with Crippen LogP contribution in [0, 0.1) is 0 Å². The van der Waals surface area contributed by atoms with Crippen LogP contribution in [-0.2, 0) is 9.59 Å². The summed E-state index contributed by atoms with van der Waals surface area (Å²) in [5.41, 5.74) is 1.69. The van der Waals surface area contributed by atoms with E-state index in [9.17, 15) is 14.4 Å². The highest BCUT2D eigenvalue weighted by Gasteiger charge is 2.17. The topological polar surface area (TPSA) is 96.5 Å². The normalized spacial score (nSPS) is 11.8. The first kappa shape index (κ1) is 28.9. The maximum atomic E-state index is 13.1. The fraction of sp³-hybridized carbons (Fsp3) is 0.100. The van der Waals surface area contributed by atoms with Crippen molar-refractivity contribution in [3.8, 4) is 5.75 Å². The summed E-state index contributed by atoms with van der Waals surface area (Å²) in [6.45, 7) is 1.80. The van der Waals surface area contributed by atoms with E-state index in [2.05, 4.69) is 16.0 Å². The Morgan fingerprint density at radius 2 is 1.65 bits per heavy atom. The van der Waals surface area contributed by atoms with Gasteiger partial charge in [0, 0.05) is 26.7 Å². The average molecular weight is 592 g/mol. The number of thiophene rings is 1. The second-order valence-corrected chi connectivity index (χ2v) is 11.3. The van der Waals surface area contributed by atoms with Crippen molar-refractivity contribution < 1.29 is 19.1 Å². The van der Waals surface area contributed by atoms with Gasteiger partial charge in [0.25, 0.3) is 11.8 Å². The highest BCUT2D eigenvalue weighted by Crippen LogP contribution is 2.29. The number of ether oxygens (including phenoxy) is 1. The Bertz CT molecular complexity index is 1510. The first-order valence-electron chi connectivity index (χ1n) is 12.2. The molecule has 0 aliphatic rings. The zero-order valence-corrected chi connectivity index (χ0v) is 24.0. The van der Waals surface area contributed by atoms with Gasteiger partial charge in [-0.3, -0.25) is 14.4 Å². The van der Waals surface area contributed by atoms with Crippen molar-refractivity contribution >= 4 is 69.9 Å². The minimum atomic E-state index is -0.455. The van der Waals surface area contributed by atoms with Crippen LogP contribution in [-0.4, -0.2) is 30.1 Å². The molecule has 0 radical (unpaired) electrons. The fourth-order valence-electron chi connectivity index (χ4n) is 3.52. The second-order valence-electron chi connectivity index (χ2n) is 8.47. The Morgan fingerprint density at radius 3 is 2.30 bits per heavy atom. The molecular formula is C30H26ClN3O4S2. The van der Waals surface area contributed by atoms with Crippen LogP contribution >= 0.6 is 34.7 Å². The van der Waals surface area contributed by atoms with Crippen LogP contribution in [0.3, 0.4) is 0 Å². The van der Waals surface area contributed by atoms with E-state index in [-0.39, 0.29) is 17.5 Å². The predicted octanol–water partition coefficient (Wildman–Crippen LogP) is 6.94. The average Bonchev–Trinajstić information content (AvgIpc) is 3.47. The zero-order valence-electron chi connectivity index (χ0n) is 21.6. The van der Waals surface area contributed by atoms with E-state index >= 15 is 0 Å². The van der Waals surface area contributed by atoms with Crippen molar-refractivity contribution in [1.82, 2.24) is 5.32 Å². The van der Waals surface area contributed by atoms with Crippen LogP contribution in [0.15, 0.2) is 101 Å². The summed E-state index contributed by atoms with van der Waals surface area (Å²) in [7, 11) is 1.53. The summed E-state index contributed by atoms with van der Waals surface area (Å²) < 4.78 is 5.14. The van der Waals surface area contributed by atoms with Gasteiger partial charge in [-0.25, -0.2) is 0 Å². The summed E-state index contributed by atoms with van der Waals surface area (Å²) in [4.78, 5) is 40.2. The van der Waals surface area contributed by atoms with Crippen LogP contribution in [0.4, 0.5) is 11.4 Å². The van der Waals surface area contributed by atoms with Crippen LogP contribution in [0.5, 0.6) is 5.75 Å². The molecule has 0 saturated heterocycles. The van der Waals surface area contributed by atoms with Gasteiger partial charge in [-0.2, -0.15) is 0 Å². The van der Waals surface area contributed by atoms with Crippen molar-refractivity contribution in [2.24, 2.45) is 0 Å². The third-order valence-corrected chi connectivity index (χ3v) is 7.80. The number of nitrogens with one attached hydrogen (secondary N) is 3. The number of carbonyl (C=O) groups excluding carboxylic acids is 3. The first-order chi connectivity index (χ1) is 19.3. The highest BCUT2D eigenvalue weighted by atomic mass is 35.5. The van der Waals surface area contributed by atoms with Crippen molar-refractivity contribution in [1.29, 1.82) is 0 Å². The summed E-state index contributed by atoms with van der Waals surface area (Å²) in [6, 6.07) is 24.6. The fourth-order valence-corrected chi connectivity index (χ4v) is 5.30. The molecule has 0 saturated carbocycles. The van der Waals surface area contributed by atoms with E-state index in [4.69, 9.17) is 16.3 Å². The third kappa shape index (κ3) is 7.98. The molecule has 1 aromatic heterocycles. The number of methoxy groups -OCH3 is 1. The number of halogens is 1. The Hall–Kier alpha value is -4.05. The number of thioether (sulfide) groups is 1. The molecule has 0 spiro atoms.